The maximum atomic E-state index is 13.1. The number of rotatable bonds is 7. The molecule has 0 spiro atoms. The number of fused-ring (bicyclic) bond motifs is 2. The molecule has 8 nitrogen and oxygen atoms in total. The van der Waals surface area contributed by atoms with Gasteiger partial charge in [0.1, 0.15) is 11.5 Å². The Morgan fingerprint density at radius 3 is 2.60 bits per heavy atom. The second-order valence-electron chi connectivity index (χ2n) is 7.78. The molecule has 2 heterocycles. The summed E-state index contributed by atoms with van der Waals surface area (Å²) < 4.78 is 31.0. The first-order valence-electron chi connectivity index (χ1n) is 9.73. The Balaban J connectivity index is 1.80. The predicted octanol–water partition coefficient (Wildman–Crippen LogP) is 1.74. The molecule has 1 aliphatic rings. The highest BCUT2D eigenvalue weighted by molar-refractivity contribution is 7.91. The zero-order valence-electron chi connectivity index (χ0n) is 16.8. The second kappa shape index (κ2) is 8.91. The van der Waals surface area contributed by atoms with E-state index in [0.29, 0.717) is 5.76 Å². The lowest BCUT2D eigenvalue weighted by atomic mass is 9.85. The van der Waals surface area contributed by atoms with Gasteiger partial charge < -0.3 is 9.73 Å². The van der Waals surface area contributed by atoms with Crippen LogP contribution in [0.2, 0.25) is 0 Å². The summed E-state index contributed by atoms with van der Waals surface area (Å²) >= 11 is 0. The topological polar surface area (TPSA) is 123 Å². The van der Waals surface area contributed by atoms with E-state index in [0.717, 1.165) is 0 Å². The van der Waals surface area contributed by atoms with Crippen LogP contribution in [0, 0.1) is 17.8 Å². The number of carbonyl (C=O) groups is 3. The molecule has 1 aliphatic heterocycles. The average molecular weight is 432 g/mol. The van der Waals surface area contributed by atoms with E-state index in [9.17, 15) is 22.8 Å². The molecule has 0 aliphatic carbocycles. The van der Waals surface area contributed by atoms with Crippen molar-refractivity contribution in [1.82, 2.24) is 10.3 Å². The fourth-order valence-corrected chi connectivity index (χ4v) is 5.25. The van der Waals surface area contributed by atoms with Gasteiger partial charge in [-0.1, -0.05) is 32.0 Å². The van der Waals surface area contributed by atoms with E-state index >= 15 is 0 Å². The molecular formula is C21H24N2O6S. The number of sulfone groups is 1. The number of hydrogen-bond acceptors (Lipinski definition) is 7. The smallest absolute Gasteiger partial charge is 0.288 e. The predicted molar refractivity (Wildman–Crippen MR) is 107 cm³/mol. The molecule has 1 aromatic heterocycles. The fraction of sp³-hybridized carbons (Fsp3) is 0.429. The van der Waals surface area contributed by atoms with Gasteiger partial charge in [0.2, 0.25) is 5.78 Å². The van der Waals surface area contributed by atoms with E-state index in [1.165, 1.54) is 18.3 Å². The van der Waals surface area contributed by atoms with Crippen molar-refractivity contribution in [1.29, 1.82) is 0 Å². The van der Waals surface area contributed by atoms with E-state index in [2.05, 4.69) is 10.3 Å². The normalized spacial score (nSPS) is 18.3. The molecule has 30 heavy (non-hydrogen) atoms. The summed E-state index contributed by atoms with van der Waals surface area (Å²) in [5.74, 6) is -3.57. The molecule has 0 radical (unpaired) electrons. The monoisotopic (exact) mass is 432 g/mol. The Kier molecular flexibility index (Phi) is 6.50. The van der Waals surface area contributed by atoms with Crippen molar-refractivity contribution in [2.24, 2.45) is 17.8 Å². The minimum absolute atomic E-state index is 0.00818. The van der Waals surface area contributed by atoms with Crippen molar-refractivity contribution in [3.8, 4) is 0 Å². The number of hydrogen-bond donors (Lipinski definition) is 1. The number of nitrogens with one attached hydrogen (secondary N) is 1. The van der Waals surface area contributed by atoms with Gasteiger partial charge in [0.05, 0.1) is 23.4 Å². The minimum atomic E-state index is -3.68. The van der Waals surface area contributed by atoms with Crippen LogP contribution in [-0.2, 0) is 37.2 Å². The maximum Gasteiger partial charge on any atom is 0.288 e. The molecule has 2 unspecified atom stereocenters. The quantitative estimate of drug-likeness (QED) is 0.661. The first-order chi connectivity index (χ1) is 14.2. The lowest BCUT2D eigenvalue weighted by Gasteiger charge is -2.22. The summed E-state index contributed by atoms with van der Waals surface area (Å²) in [4.78, 5) is 41.9. The Morgan fingerprint density at radius 2 is 1.93 bits per heavy atom. The number of aromatic nitrogens is 1. The molecule has 1 aromatic carbocycles. The van der Waals surface area contributed by atoms with Gasteiger partial charge in [-0.05, 0) is 18.1 Å². The molecule has 1 amide bonds. The molecule has 2 aromatic rings. The summed E-state index contributed by atoms with van der Waals surface area (Å²) in [5.41, 5.74) is 0. The van der Waals surface area contributed by atoms with Crippen molar-refractivity contribution in [3.05, 3.63) is 48.2 Å². The molecule has 2 bridgehead atoms. The third-order valence-electron chi connectivity index (χ3n) is 5.21. The number of carbonyl (C=O) groups excluding carboxylic acids is 3. The van der Waals surface area contributed by atoms with Crippen LogP contribution >= 0.6 is 0 Å². The number of amides is 1. The Bertz CT molecular complexity index is 1040. The van der Waals surface area contributed by atoms with Gasteiger partial charge in [-0.3, -0.25) is 14.4 Å². The average Bonchev–Trinajstić information content (AvgIpc) is 3.17. The summed E-state index contributed by atoms with van der Waals surface area (Å²) in [7, 11) is -3.68. The van der Waals surface area contributed by atoms with E-state index in [4.69, 9.17) is 4.42 Å². The number of benzene rings is 1. The van der Waals surface area contributed by atoms with Crippen molar-refractivity contribution >= 4 is 27.3 Å². The van der Waals surface area contributed by atoms with Gasteiger partial charge in [-0.15, -0.1) is 0 Å². The third kappa shape index (κ3) is 5.02. The lowest BCUT2D eigenvalue weighted by Crippen LogP contribution is -2.38. The van der Waals surface area contributed by atoms with Gasteiger partial charge >= 0.3 is 0 Å². The van der Waals surface area contributed by atoms with Gasteiger partial charge in [0.25, 0.3) is 5.91 Å². The fourth-order valence-electron chi connectivity index (χ4n) is 3.44. The van der Waals surface area contributed by atoms with Gasteiger partial charge in [0.15, 0.2) is 15.7 Å². The highest BCUT2D eigenvalue weighted by Gasteiger charge is 2.35. The number of nitrogens with zero attached hydrogens (tertiary/aromatic N) is 1. The first kappa shape index (κ1) is 21.9. The van der Waals surface area contributed by atoms with Crippen LogP contribution in [-0.4, -0.2) is 36.6 Å². The summed E-state index contributed by atoms with van der Waals surface area (Å²) in [5, 5.41) is 2.45. The molecular weight excluding hydrogens is 408 g/mol. The molecule has 0 saturated heterocycles. The van der Waals surface area contributed by atoms with Crippen LogP contribution in [0.3, 0.4) is 0 Å². The van der Waals surface area contributed by atoms with Gasteiger partial charge in [-0.2, -0.15) is 0 Å². The zero-order chi connectivity index (χ0) is 21.9. The highest BCUT2D eigenvalue weighted by Crippen LogP contribution is 2.25. The van der Waals surface area contributed by atoms with E-state index < -0.39 is 33.4 Å². The van der Waals surface area contributed by atoms with Crippen LogP contribution < -0.4 is 5.32 Å². The van der Waals surface area contributed by atoms with Crippen molar-refractivity contribution in [2.45, 2.75) is 38.1 Å². The minimum Gasteiger partial charge on any atom is -0.444 e. The summed E-state index contributed by atoms with van der Waals surface area (Å²) in [6.07, 6.45) is 1.22. The standard InChI is InChI=1S/C21H24N2O6S/c1-13(2)17(12-30(27,28)16-6-4-3-5-7-16)18(24)8-14-9-19-22-10-15(29-19)11-23-21(26)20(14)25/h3-7,10,13-14,17H,8-9,11-12H2,1-2H3,(H,23,26). The number of ketones is 2. The summed E-state index contributed by atoms with van der Waals surface area (Å²) in [6.45, 7) is 3.57. The van der Waals surface area contributed by atoms with Crippen LogP contribution in [0.1, 0.15) is 31.9 Å². The van der Waals surface area contributed by atoms with Gasteiger partial charge in [-0.25, -0.2) is 13.4 Å². The Hall–Kier alpha value is -2.81. The van der Waals surface area contributed by atoms with Crippen molar-refractivity contribution in [3.63, 3.8) is 0 Å². The van der Waals surface area contributed by atoms with Crippen molar-refractivity contribution < 1.29 is 27.2 Å². The van der Waals surface area contributed by atoms with Crippen LogP contribution in [0.5, 0.6) is 0 Å². The molecule has 9 heteroatoms. The van der Waals surface area contributed by atoms with Gasteiger partial charge in [0, 0.05) is 24.7 Å². The molecule has 160 valence electrons. The van der Waals surface area contributed by atoms with Crippen LogP contribution in [0.15, 0.2) is 45.8 Å². The summed E-state index contributed by atoms with van der Waals surface area (Å²) in [6, 6.07) is 7.94. The largest absolute Gasteiger partial charge is 0.444 e. The van der Waals surface area contributed by atoms with Crippen molar-refractivity contribution in [2.75, 3.05) is 5.75 Å². The molecule has 3 rings (SSSR count). The van der Waals surface area contributed by atoms with E-state index in [1.807, 2.05) is 0 Å². The van der Waals surface area contributed by atoms with E-state index in [1.54, 1.807) is 32.0 Å². The van der Waals surface area contributed by atoms with Crippen LogP contribution in [0.4, 0.5) is 0 Å². The molecule has 0 saturated carbocycles. The zero-order valence-corrected chi connectivity index (χ0v) is 17.6. The maximum absolute atomic E-state index is 13.1. The SMILES string of the molecule is CC(C)C(CS(=O)(=O)c1ccccc1)C(=O)CC1Cc2ncc(o2)CNC(=O)C1=O. The first-order valence-corrected chi connectivity index (χ1v) is 11.4. The third-order valence-corrected chi connectivity index (χ3v) is 7.00. The second-order valence-corrected chi connectivity index (χ2v) is 9.82. The Labute approximate surface area is 175 Å². The molecule has 2 atom stereocenters. The Morgan fingerprint density at radius 1 is 1.23 bits per heavy atom. The number of oxazole rings is 1. The number of Topliss-reactive ketones (excluding diaryl/α,β-unsaturated/α-hetero) is 2. The lowest BCUT2D eigenvalue weighted by molar-refractivity contribution is -0.141. The van der Waals surface area contributed by atoms with E-state index in [-0.39, 0.29) is 47.6 Å². The van der Waals surface area contributed by atoms with Crippen LogP contribution in [0.25, 0.3) is 0 Å². The molecule has 0 fully saturated rings. The molecule has 1 N–H and O–H groups in total. The highest BCUT2D eigenvalue weighted by atomic mass is 32.2.